The predicted molar refractivity (Wildman–Crippen MR) is 131 cm³/mol. The molecular formula is C25H24N4O2S2. The number of aromatic nitrogens is 2. The van der Waals surface area contributed by atoms with Crippen LogP contribution in [0.4, 0.5) is 5.69 Å². The number of para-hydroxylation sites is 1. The molecule has 168 valence electrons. The molecule has 0 aliphatic carbocycles. The van der Waals surface area contributed by atoms with Crippen molar-refractivity contribution in [3.05, 3.63) is 94.9 Å². The molecule has 1 saturated heterocycles. The molecule has 6 nitrogen and oxygen atoms in total. The van der Waals surface area contributed by atoms with Crippen LogP contribution in [-0.4, -0.2) is 35.4 Å². The van der Waals surface area contributed by atoms with Gasteiger partial charge in [-0.1, -0.05) is 36.4 Å². The zero-order valence-electron chi connectivity index (χ0n) is 18.0. The lowest BCUT2D eigenvalue weighted by molar-refractivity contribution is 0.477. The zero-order chi connectivity index (χ0) is 22.7. The van der Waals surface area contributed by atoms with E-state index in [0.717, 1.165) is 40.2 Å². The first kappa shape index (κ1) is 21.8. The molecule has 0 N–H and O–H groups in total. The molecule has 3 heterocycles. The highest BCUT2D eigenvalue weighted by molar-refractivity contribution is 7.89. The van der Waals surface area contributed by atoms with Crippen molar-refractivity contribution < 1.29 is 8.42 Å². The van der Waals surface area contributed by atoms with Gasteiger partial charge in [0, 0.05) is 36.4 Å². The number of benzene rings is 2. The van der Waals surface area contributed by atoms with Crippen molar-refractivity contribution in [2.24, 2.45) is 4.99 Å². The van der Waals surface area contributed by atoms with E-state index in [1.54, 1.807) is 22.6 Å². The highest BCUT2D eigenvalue weighted by atomic mass is 32.2. The van der Waals surface area contributed by atoms with Crippen LogP contribution in [0.15, 0.2) is 94.4 Å². The smallest absolute Gasteiger partial charge is 0.243 e. The Hall–Kier alpha value is -3.07. The summed E-state index contributed by atoms with van der Waals surface area (Å²) in [5.41, 5.74) is 3.70. The number of thiazole rings is 1. The molecule has 0 spiro atoms. The fraction of sp³-hybridized carbons (Fsp3) is 0.200. The van der Waals surface area contributed by atoms with Gasteiger partial charge in [0.25, 0.3) is 0 Å². The van der Waals surface area contributed by atoms with Crippen LogP contribution in [0.25, 0.3) is 11.3 Å². The van der Waals surface area contributed by atoms with Crippen LogP contribution in [0.1, 0.15) is 18.4 Å². The molecule has 0 radical (unpaired) electrons. The molecule has 0 amide bonds. The molecular weight excluding hydrogens is 452 g/mol. The van der Waals surface area contributed by atoms with E-state index in [0.29, 0.717) is 24.5 Å². The first-order valence-electron chi connectivity index (χ1n) is 10.9. The quantitative estimate of drug-likeness (QED) is 0.406. The molecule has 2 aromatic heterocycles. The van der Waals surface area contributed by atoms with Crippen molar-refractivity contribution in [2.45, 2.75) is 24.3 Å². The Kier molecular flexibility index (Phi) is 6.22. The van der Waals surface area contributed by atoms with Crippen molar-refractivity contribution in [1.29, 1.82) is 0 Å². The van der Waals surface area contributed by atoms with Crippen LogP contribution in [0.3, 0.4) is 0 Å². The van der Waals surface area contributed by atoms with Gasteiger partial charge in [0.1, 0.15) is 0 Å². The number of sulfonamides is 1. The summed E-state index contributed by atoms with van der Waals surface area (Å²) in [4.78, 5) is 10.3. The summed E-state index contributed by atoms with van der Waals surface area (Å²) in [5.74, 6) is 0. The average Bonchev–Trinajstić information content (AvgIpc) is 3.52. The molecule has 4 aromatic rings. The van der Waals surface area contributed by atoms with Gasteiger partial charge in [0.05, 0.1) is 22.8 Å². The Morgan fingerprint density at radius 1 is 0.970 bits per heavy atom. The molecule has 1 aliphatic heterocycles. The van der Waals surface area contributed by atoms with Crippen molar-refractivity contribution in [3.63, 3.8) is 0 Å². The Morgan fingerprint density at radius 2 is 1.79 bits per heavy atom. The molecule has 0 unspecified atom stereocenters. The maximum absolute atomic E-state index is 13.1. The van der Waals surface area contributed by atoms with E-state index in [1.165, 1.54) is 11.3 Å². The van der Waals surface area contributed by atoms with Crippen LogP contribution in [0, 0.1) is 0 Å². The molecule has 8 heteroatoms. The van der Waals surface area contributed by atoms with Gasteiger partial charge in [-0.15, -0.1) is 11.3 Å². The van der Waals surface area contributed by atoms with Crippen molar-refractivity contribution in [2.75, 3.05) is 13.1 Å². The van der Waals surface area contributed by atoms with Crippen LogP contribution in [-0.2, 0) is 16.6 Å². The zero-order valence-corrected chi connectivity index (χ0v) is 19.7. The molecule has 1 fully saturated rings. The molecule has 0 bridgehead atoms. The van der Waals surface area contributed by atoms with Gasteiger partial charge in [0.2, 0.25) is 10.0 Å². The molecule has 0 atom stereocenters. The molecule has 0 saturated carbocycles. The highest BCUT2D eigenvalue weighted by Gasteiger charge is 2.27. The minimum Gasteiger partial charge on any atom is -0.312 e. The minimum atomic E-state index is -3.49. The summed E-state index contributed by atoms with van der Waals surface area (Å²) in [6.45, 7) is 1.76. The van der Waals surface area contributed by atoms with Gasteiger partial charge >= 0.3 is 0 Å². The van der Waals surface area contributed by atoms with Crippen molar-refractivity contribution >= 4 is 27.0 Å². The lowest BCUT2D eigenvalue weighted by Gasteiger charge is -2.16. The Balaban J connectivity index is 1.60. The second-order valence-corrected chi connectivity index (χ2v) is 10.7. The van der Waals surface area contributed by atoms with Gasteiger partial charge in [-0.3, -0.25) is 4.98 Å². The summed E-state index contributed by atoms with van der Waals surface area (Å²) in [5, 5.41) is 2.04. The summed E-state index contributed by atoms with van der Waals surface area (Å²) in [7, 11) is -3.49. The van der Waals surface area contributed by atoms with E-state index < -0.39 is 10.0 Å². The van der Waals surface area contributed by atoms with Crippen LogP contribution >= 0.6 is 11.3 Å². The van der Waals surface area contributed by atoms with E-state index in [4.69, 9.17) is 4.99 Å². The van der Waals surface area contributed by atoms with Gasteiger partial charge in [-0.05, 0) is 48.7 Å². The van der Waals surface area contributed by atoms with Crippen LogP contribution in [0.2, 0.25) is 0 Å². The highest BCUT2D eigenvalue weighted by Crippen LogP contribution is 2.27. The Labute approximate surface area is 197 Å². The van der Waals surface area contributed by atoms with E-state index >= 15 is 0 Å². The third kappa shape index (κ3) is 4.68. The molecule has 33 heavy (non-hydrogen) atoms. The summed E-state index contributed by atoms with van der Waals surface area (Å²) < 4.78 is 30.0. The van der Waals surface area contributed by atoms with E-state index in [1.807, 2.05) is 66.2 Å². The largest absolute Gasteiger partial charge is 0.312 e. The minimum absolute atomic E-state index is 0.336. The average molecular weight is 477 g/mol. The third-order valence-corrected chi connectivity index (χ3v) is 8.43. The van der Waals surface area contributed by atoms with Gasteiger partial charge < -0.3 is 4.57 Å². The van der Waals surface area contributed by atoms with Crippen molar-refractivity contribution in [3.8, 4) is 11.3 Å². The number of pyridine rings is 1. The lowest BCUT2D eigenvalue weighted by atomic mass is 10.1. The third-order valence-electron chi connectivity index (χ3n) is 5.67. The predicted octanol–water partition coefficient (Wildman–Crippen LogP) is 4.68. The monoisotopic (exact) mass is 476 g/mol. The lowest BCUT2D eigenvalue weighted by Crippen LogP contribution is -2.27. The Morgan fingerprint density at radius 3 is 2.55 bits per heavy atom. The normalized spacial score (nSPS) is 15.2. The fourth-order valence-electron chi connectivity index (χ4n) is 3.98. The van der Waals surface area contributed by atoms with Crippen LogP contribution < -0.4 is 4.80 Å². The summed E-state index contributed by atoms with van der Waals surface area (Å²) >= 11 is 1.54. The van der Waals surface area contributed by atoms with Crippen molar-refractivity contribution in [1.82, 2.24) is 13.9 Å². The SMILES string of the molecule is O=S(=O)(c1cccc(-c2csc(=Nc3ccccc3)n2Cc2cccnc2)c1)N1CCCC1. The van der Waals surface area contributed by atoms with Gasteiger partial charge in [-0.2, -0.15) is 4.31 Å². The number of hydrogen-bond acceptors (Lipinski definition) is 5. The first-order chi connectivity index (χ1) is 16.1. The van der Waals surface area contributed by atoms with E-state index in [9.17, 15) is 8.42 Å². The van der Waals surface area contributed by atoms with Gasteiger partial charge in [-0.25, -0.2) is 13.4 Å². The molecule has 1 aliphatic rings. The molecule has 2 aromatic carbocycles. The Bertz CT molecular complexity index is 1410. The summed E-state index contributed by atoms with van der Waals surface area (Å²) in [6, 6.07) is 21.0. The molecule has 5 rings (SSSR count). The van der Waals surface area contributed by atoms with Gasteiger partial charge in [0.15, 0.2) is 4.80 Å². The maximum Gasteiger partial charge on any atom is 0.243 e. The standard InChI is InChI=1S/C25H24N4O2S2/c30-33(31,28-14-4-5-15-28)23-12-6-9-21(16-23)24-19-32-25(27-22-10-2-1-3-11-22)29(24)18-20-8-7-13-26-17-20/h1-3,6-13,16-17,19H,4-5,14-15,18H2. The summed E-state index contributed by atoms with van der Waals surface area (Å²) in [6.07, 6.45) is 5.43. The first-order valence-corrected chi connectivity index (χ1v) is 13.2. The number of hydrogen-bond donors (Lipinski definition) is 0. The fourth-order valence-corrected chi connectivity index (χ4v) is 6.47. The second kappa shape index (κ2) is 9.43. The maximum atomic E-state index is 13.1. The topological polar surface area (TPSA) is 67.6 Å². The van der Waals surface area contributed by atoms with E-state index in [-0.39, 0.29) is 0 Å². The van der Waals surface area contributed by atoms with E-state index in [2.05, 4.69) is 9.55 Å². The number of nitrogens with zero attached hydrogens (tertiary/aromatic N) is 4. The van der Waals surface area contributed by atoms with Crippen LogP contribution in [0.5, 0.6) is 0 Å². The number of rotatable bonds is 6. The second-order valence-electron chi connectivity index (χ2n) is 7.94.